The summed E-state index contributed by atoms with van der Waals surface area (Å²) < 4.78 is 0. The number of benzene rings is 2. The molecule has 1 aliphatic heterocycles. The van der Waals surface area contributed by atoms with Gasteiger partial charge in [-0.15, -0.1) is 9.80 Å². The molecule has 1 aliphatic rings. The highest BCUT2D eigenvalue weighted by atomic mass is 127. The van der Waals surface area contributed by atoms with Crippen molar-refractivity contribution in [3.8, 4) is 0 Å². The van der Waals surface area contributed by atoms with Gasteiger partial charge in [-0.25, -0.2) is 0 Å². The van der Waals surface area contributed by atoms with Gasteiger partial charge >= 0.3 is 6.67 Å². The van der Waals surface area contributed by atoms with Gasteiger partial charge in [0.15, 0.2) is 0 Å². The third kappa shape index (κ3) is 2.63. The minimum Gasteiger partial charge on any atom is -1.00 e. The van der Waals surface area contributed by atoms with Crippen LogP contribution in [0.1, 0.15) is 11.1 Å². The molecule has 0 saturated carbocycles. The summed E-state index contributed by atoms with van der Waals surface area (Å²) in [4.78, 5) is 4.11. The number of halogens is 1. The van der Waals surface area contributed by atoms with Crippen LogP contribution in [-0.2, 0) is 0 Å². The van der Waals surface area contributed by atoms with Gasteiger partial charge in [-0.1, -0.05) is 60.7 Å². The normalized spacial score (nSPS) is 14.1. The van der Waals surface area contributed by atoms with Gasteiger partial charge in [0.2, 0.25) is 0 Å². The van der Waals surface area contributed by atoms with Crippen LogP contribution in [0.5, 0.6) is 0 Å². The molecule has 0 aromatic heterocycles. The molecule has 101 valence electrons. The Morgan fingerprint density at radius 2 is 1.00 bits per heavy atom. The first-order chi connectivity index (χ1) is 9.27. The van der Waals surface area contributed by atoms with Crippen LogP contribution in [0, 0.1) is 6.67 Å². The van der Waals surface area contributed by atoms with Gasteiger partial charge in [0.05, 0.1) is 14.1 Å². The van der Waals surface area contributed by atoms with E-state index >= 15 is 0 Å². The van der Waals surface area contributed by atoms with E-state index in [0.717, 1.165) is 0 Å². The highest BCUT2D eigenvalue weighted by Gasteiger charge is 2.40. The SMILES string of the molecule is CN1[C+]N(C)C(c2ccccc2)=C1c1ccccc1.[I-]. The average molecular weight is 375 g/mol. The van der Waals surface area contributed by atoms with Crippen molar-refractivity contribution in [3.63, 3.8) is 0 Å². The summed E-state index contributed by atoms with van der Waals surface area (Å²) in [7, 11) is 4.07. The van der Waals surface area contributed by atoms with E-state index in [2.05, 4.69) is 65.0 Å². The van der Waals surface area contributed by atoms with Crippen LogP contribution in [0.25, 0.3) is 11.4 Å². The van der Waals surface area contributed by atoms with Crippen molar-refractivity contribution in [1.82, 2.24) is 9.80 Å². The molecule has 0 unspecified atom stereocenters. The maximum atomic E-state index is 3.31. The third-order valence-electron chi connectivity index (χ3n) is 3.29. The minimum atomic E-state index is 0. The average Bonchev–Trinajstić information content (AvgIpc) is 2.75. The maximum Gasteiger partial charge on any atom is 0.565 e. The van der Waals surface area contributed by atoms with Crippen LogP contribution in [0.3, 0.4) is 0 Å². The molecule has 20 heavy (non-hydrogen) atoms. The Labute approximate surface area is 137 Å². The highest BCUT2D eigenvalue weighted by molar-refractivity contribution is 5.91. The molecule has 0 saturated heterocycles. The summed E-state index contributed by atoms with van der Waals surface area (Å²) in [5.74, 6) is 0. The second-order valence-corrected chi connectivity index (χ2v) is 4.65. The molecule has 0 fully saturated rings. The molecule has 3 heteroatoms. The summed E-state index contributed by atoms with van der Waals surface area (Å²) in [5.41, 5.74) is 4.80. The van der Waals surface area contributed by atoms with Gasteiger partial charge in [-0.05, 0) is 0 Å². The molecule has 0 aliphatic carbocycles. The van der Waals surface area contributed by atoms with Crippen molar-refractivity contribution in [2.75, 3.05) is 14.1 Å². The van der Waals surface area contributed by atoms with Crippen LogP contribution < -0.4 is 24.0 Å². The Bertz CT molecular complexity index is 539. The lowest BCUT2D eigenvalue weighted by molar-refractivity contribution is -0.00000377. The quantitative estimate of drug-likeness (QED) is 0.554. The predicted molar refractivity (Wildman–Crippen MR) is 78.5 cm³/mol. The van der Waals surface area contributed by atoms with E-state index in [1.807, 2.05) is 26.2 Å². The lowest BCUT2D eigenvalue weighted by atomic mass is 10.1. The predicted octanol–water partition coefficient (Wildman–Crippen LogP) is 0.390. The van der Waals surface area contributed by atoms with Crippen LogP contribution >= 0.6 is 0 Å². The molecule has 0 bridgehead atoms. The second kappa shape index (κ2) is 6.22. The molecule has 1 radical (unpaired) electrons. The van der Waals surface area contributed by atoms with Crippen LogP contribution in [-0.4, -0.2) is 23.9 Å². The molecule has 3 rings (SSSR count). The summed E-state index contributed by atoms with van der Waals surface area (Å²) in [6.45, 7) is 3.31. The molecule has 2 aromatic rings. The fourth-order valence-electron chi connectivity index (χ4n) is 2.50. The highest BCUT2D eigenvalue weighted by Crippen LogP contribution is 2.37. The third-order valence-corrected chi connectivity index (χ3v) is 3.29. The van der Waals surface area contributed by atoms with Gasteiger partial charge in [-0.3, -0.25) is 0 Å². The van der Waals surface area contributed by atoms with Crippen molar-refractivity contribution in [2.45, 2.75) is 0 Å². The van der Waals surface area contributed by atoms with Crippen molar-refractivity contribution in [2.24, 2.45) is 0 Å². The Hall–Kier alpha value is -1.62. The summed E-state index contributed by atoms with van der Waals surface area (Å²) in [5, 5.41) is 0. The molecule has 2 aromatic carbocycles. The van der Waals surface area contributed by atoms with Crippen LogP contribution in [0.4, 0.5) is 0 Å². The molecule has 1 heterocycles. The van der Waals surface area contributed by atoms with Crippen molar-refractivity contribution >= 4 is 11.4 Å². The largest absolute Gasteiger partial charge is 1.00 e. The topological polar surface area (TPSA) is 6.48 Å². The smallest absolute Gasteiger partial charge is 0.565 e. The minimum absolute atomic E-state index is 0. The van der Waals surface area contributed by atoms with Crippen LogP contribution in [0.15, 0.2) is 60.7 Å². The molecule has 0 atom stereocenters. The fraction of sp³-hybridized carbons (Fsp3) is 0.118. The number of rotatable bonds is 2. The first-order valence-corrected chi connectivity index (χ1v) is 6.36. The molecule has 0 spiro atoms. The van der Waals surface area contributed by atoms with Crippen molar-refractivity contribution < 1.29 is 24.0 Å². The van der Waals surface area contributed by atoms with E-state index in [-0.39, 0.29) is 24.0 Å². The van der Waals surface area contributed by atoms with Gasteiger partial charge < -0.3 is 24.0 Å². The van der Waals surface area contributed by atoms with E-state index < -0.39 is 0 Å². The Morgan fingerprint density at radius 3 is 1.35 bits per heavy atom. The van der Waals surface area contributed by atoms with Crippen molar-refractivity contribution in [1.29, 1.82) is 0 Å². The Balaban J connectivity index is 0.00000147. The number of hydrogen-bond donors (Lipinski definition) is 0. The molecule has 0 amide bonds. The van der Waals surface area contributed by atoms with Gasteiger partial charge in [0, 0.05) is 11.1 Å². The molecular formula is C17H16IN2. The van der Waals surface area contributed by atoms with E-state index in [1.165, 1.54) is 22.5 Å². The lowest BCUT2D eigenvalue weighted by Gasteiger charge is -2.08. The second-order valence-electron chi connectivity index (χ2n) is 4.65. The summed E-state index contributed by atoms with van der Waals surface area (Å²) in [6, 6.07) is 20.9. The standard InChI is InChI=1S/C17H16N2.HI/c1-18-13-19(2)17(15-11-7-4-8-12-15)16(18)14-9-5-3-6-10-14;/h3-12H,1-2H3;1H/q+1;/p-1. The van der Waals surface area contributed by atoms with Gasteiger partial charge in [-0.2, -0.15) is 0 Å². The Morgan fingerprint density at radius 1 is 0.650 bits per heavy atom. The summed E-state index contributed by atoms with van der Waals surface area (Å²) >= 11 is 0. The Kier molecular flexibility index (Phi) is 4.60. The lowest BCUT2D eigenvalue weighted by Crippen LogP contribution is -3.00. The molecule has 0 N–H and O–H groups in total. The number of nitrogens with zero attached hydrogens (tertiary/aromatic N) is 2. The van der Waals surface area contributed by atoms with E-state index in [0.29, 0.717) is 0 Å². The van der Waals surface area contributed by atoms with E-state index in [1.54, 1.807) is 0 Å². The zero-order valence-electron chi connectivity index (χ0n) is 11.5. The monoisotopic (exact) mass is 375 g/mol. The van der Waals surface area contributed by atoms with Gasteiger partial charge in [0.1, 0.15) is 11.4 Å². The van der Waals surface area contributed by atoms with Crippen molar-refractivity contribution in [3.05, 3.63) is 78.5 Å². The maximum absolute atomic E-state index is 3.31. The van der Waals surface area contributed by atoms with E-state index in [9.17, 15) is 0 Å². The van der Waals surface area contributed by atoms with Gasteiger partial charge in [0.25, 0.3) is 0 Å². The first-order valence-electron chi connectivity index (χ1n) is 6.36. The zero-order chi connectivity index (χ0) is 13.2. The van der Waals surface area contributed by atoms with E-state index in [4.69, 9.17) is 0 Å². The molecule has 2 nitrogen and oxygen atoms in total. The zero-order valence-corrected chi connectivity index (χ0v) is 13.7. The fourth-order valence-corrected chi connectivity index (χ4v) is 2.50. The molecular weight excluding hydrogens is 359 g/mol. The number of hydrogen-bond acceptors (Lipinski definition) is 2. The first kappa shape index (κ1) is 14.8. The van der Waals surface area contributed by atoms with Crippen LogP contribution in [0.2, 0.25) is 0 Å². The summed E-state index contributed by atoms with van der Waals surface area (Å²) in [6.07, 6.45) is 0.